The van der Waals surface area contributed by atoms with Gasteiger partial charge in [0.15, 0.2) is 0 Å². The molecule has 1 aromatic heterocycles. The summed E-state index contributed by atoms with van der Waals surface area (Å²) >= 11 is 9.88. The summed E-state index contributed by atoms with van der Waals surface area (Å²) in [5.41, 5.74) is 3.47. The first kappa shape index (κ1) is 12.9. The van der Waals surface area contributed by atoms with Crippen molar-refractivity contribution in [2.45, 2.75) is 0 Å². The van der Waals surface area contributed by atoms with Crippen molar-refractivity contribution >= 4 is 49.3 Å². The lowest BCUT2D eigenvalue weighted by molar-refractivity contribution is 1.18. The number of halogens is 2. The third-order valence-electron chi connectivity index (χ3n) is 3.71. The molecule has 0 radical (unpaired) electrons. The molecule has 0 aliphatic heterocycles. The number of hydrogen-bond acceptors (Lipinski definition) is 0. The molecule has 0 bridgehead atoms. The van der Waals surface area contributed by atoms with E-state index in [9.17, 15) is 0 Å². The Morgan fingerprint density at radius 2 is 1.62 bits per heavy atom. The first-order valence-electron chi connectivity index (χ1n) is 6.69. The molecular weight excluding hydrogens is 346 g/mol. The average molecular weight is 357 g/mol. The molecule has 0 fully saturated rings. The third kappa shape index (κ3) is 1.98. The number of hydrogen-bond donors (Lipinski definition) is 0. The highest BCUT2D eigenvalue weighted by Crippen LogP contribution is 2.36. The van der Waals surface area contributed by atoms with E-state index in [0.717, 1.165) is 20.7 Å². The van der Waals surface area contributed by atoms with Gasteiger partial charge in [0.2, 0.25) is 0 Å². The molecule has 1 nitrogen and oxygen atoms in total. The Morgan fingerprint density at radius 3 is 2.43 bits per heavy atom. The van der Waals surface area contributed by atoms with E-state index in [0.29, 0.717) is 0 Å². The fraction of sp³-hybridized carbons (Fsp3) is 0. The number of para-hydroxylation sites is 2. The van der Waals surface area contributed by atoms with Crippen LogP contribution in [0.4, 0.5) is 0 Å². The van der Waals surface area contributed by atoms with Gasteiger partial charge < -0.3 is 4.57 Å². The Bertz CT molecular complexity index is 957. The van der Waals surface area contributed by atoms with Crippen molar-refractivity contribution in [2.24, 2.45) is 0 Å². The topological polar surface area (TPSA) is 4.93 Å². The van der Waals surface area contributed by atoms with Gasteiger partial charge in [-0.1, -0.05) is 41.9 Å². The van der Waals surface area contributed by atoms with Gasteiger partial charge >= 0.3 is 0 Å². The normalized spacial score (nSPS) is 11.3. The van der Waals surface area contributed by atoms with Crippen LogP contribution >= 0.6 is 27.5 Å². The SMILES string of the molecule is Clc1ccc2c(c1)c1cccc(Br)c1n2-c1ccccc1. The summed E-state index contributed by atoms with van der Waals surface area (Å²) in [6, 6.07) is 22.7. The van der Waals surface area contributed by atoms with Gasteiger partial charge in [-0.2, -0.15) is 0 Å². The van der Waals surface area contributed by atoms with Crippen LogP contribution in [0, 0.1) is 0 Å². The summed E-state index contributed by atoms with van der Waals surface area (Å²) in [5, 5.41) is 3.13. The van der Waals surface area contributed by atoms with E-state index in [1.165, 1.54) is 16.3 Å². The number of rotatable bonds is 1. The lowest BCUT2D eigenvalue weighted by Gasteiger charge is -2.08. The van der Waals surface area contributed by atoms with Gasteiger partial charge in [0.1, 0.15) is 0 Å². The summed E-state index contributed by atoms with van der Waals surface area (Å²) in [6.45, 7) is 0. The minimum absolute atomic E-state index is 0.759. The zero-order chi connectivity index (χ0) is 14.4. The number of aromatic nitrogens is 1. The van der Waals surface area contributed by atoms with Crippen LogP contribution in [0.5, 0.6) is 0 Å². The Labute approximate surface area is 135 Å². The second-order valence-electron chi connectivity index (χ2n) is 4.97. The van der Waals surface area contributed by atoms with Crippen LogP contribution in [0.15, 0.2) is 71.2 Å². The molecule has 4 aromatic rings. The molecule has 1 heterocycles. The third-order valence-corrected chi connectivity index (χ3v) is 4.59. The van der Waals surface area contributed by atoms with Crippen molar-refractivity contribution in [1.29, 1.82) is 0 Å². The molecule has 0 aliphatic carbocycles. The molecule has 21 heavy (non-hydrogen) atoms. The predicted octanol–water partition coefficient (Wildman–Crippen LogP) is 6.20. The van der Waals surface area contributed by atoms with Crippen molar-refractivity contribution in [2.75, 3.05) is 0 Å². The largest absolute Gasteiger partial charge is 0.308 e. The van der Waals surface area contributed by atoms with Crippen molar-refractivity contribution in [1.82, 2.24) is 4.57 Å². The minimum atomic E-state index is 0.759. The Balaban J connectivity index is 2.26. The van der Waals surface area contributed by atoms with Crippen molar-refractivity contribution in [3.8, 4) is 5.69 Å². The van der Waals surface area contributed by atoms with Crippen LogP contribution < -0.4 is 0 Å². The summed E-state index contributed by atoms with van der Waals surface area (Å²) in [7, 11) is 0. The Hall–Kier alpha value is -1.77. The summed E-state index contributed by atoms with van der Waals surface area (Å²) in [6.07, 6.45) is 0. The molecule has 0 saturated heterocycles. The first-order chi connectivity index (χ1) is 10.3. The molecule has 102 valence electrons. The van der Waals surface area contributed by atoms with Gasteiger partial charge in [0, 0.05) is 26.0 Å². The molecule has 0 spiro atoms. The molecule has 0 unspecified atom stereocenters. The zero-order valence-electron chi connectivity index (χ0n) is 11.1. The molecular formula is C18H11BrClN. The van der Waals surface area contributed by atoms with Gasteiger partial charge in [-0.15, -0.1) is 0 Å². The highest BCUT2D eigenvalue weighted by molar-refractivity contribution is 9.10. The maximum Gasteiger partial charge on any atom is 0.0683 e. The highest BCUT2D eigenvalue weighted by atomic mass is 79.9. The molecule has 0 aliphatic rings. The molecule has 0 N–H and O–H groups in total. The van der Waals surface area contributed by atoms with E-state index in [1.54, 1.807) is 0 Å². The standard InChI is InChI=1S/C18H11BrClN/c19-16-8-4-7-14-15-11-12(20)9-10-17(15)21(18(14)16)13-5-2-1-3-6-13/h1-11H. The maximum atomic E-state index is 6.19. The minimum Gasteiger partial charge on any atom is -0.308 e. The van der Waals surface area contributed by atoms with Gasteiger partial charge in [-0.25, -0.2) is 0 Å². The van der Waals surface area contributed by atoms with Crippen LogP contribution in [0.1, 0.15) is 0 Å². The monoisotopic (exact) mass is 355 g/mol. The smallest absolute Gasteiger partial charge is 0.0683 e. The van der Waals surface area contributed by atoms with Crippen molar-refractivity contribution < 1.29 is 0 Å². The molecule has 3 aromatic carbocycles. The van der Waals surface area contributed by atoms with E-state index >= 15 is 0 Å². The first-order valence-corrected chi connectivity index (χ1v) is 7.86. The van der Waals surface area contributed by atoms with Gasteiger partial charge in [0.05, 0.1) is 11.0 Å². The zero-order valence-corrected chi connectivity index (χ0v) is 13.4. The molecule has 3 heteroatoms. The van der Waals surface area contributed by atoms with E-state index in [-0.39, 0.29) is 0 Å². The lowest BCUT2D eigenvalue weighted by atomic mass is 10.1. The van der Waals surface area contributed by atoms with Crippen LogP contribution in [0.2, 0.25) is 5.02 Å². The van der Waals surface area contributed by atoms with Crippen LogP contribution in [0.25, 0.3) is 27.5 Å². The number of fused-ring (bicyclic) bond motifs is 3. The molecule has 0 amide bonds. The average Bonchev–Trinajstić information content (AvgIpc) is 2.83. The van der Waals surface area contributed by atoms with Crippen LogP contribution in [-0.2, 0) is 0 Å². The van der Waals surface area contributed by atoms with E-state index in [2.05, 4.69) is 69.0 Å². The molecule has 0 atom stereocenters. The predicted molar refractivity (Wildman–Crippen MR) is 93.5 cm³/mol. The summed E-state index contributed by atoms with van der Waals surface area (Å²) < 4.78 is 3.35. The maximum absolute atomic E-state index is 6.19. The van der Waals surface area contributed by atoms with Crippen LogP contribution in [-0.4, -0.2) is 4.57 Å². The van der Waals surface area contributed by atoms with E-state index < -0.39 is 0 Å². The lowest BCUT2D eigenvalue weighted by Crippen LogP contribution is -1.93. The van der Waals surface area contributed by atoms with Gasteiger partial charge in [0.25, 0.3) is 0 Å². The van der Waals surface area contributed by atoms with Crippen molar-refractivity contribution in [3.05, 3.63) is 76.2 Å². The summed E-state index contributed by atoms with van der Waals surface area (Å²) in [5.74, 6) is 0. The second kappa shape index (κ2) is 4.90. The van der Waals surface area contributed by atoms with Crippen molar-refractivity contribution in [3.63, 3.8) is 0 Å². The summed E-state index contributed by atoms with van der Waals surface area (Å²) in [4.78, 5) is 0. The highest BCUT2D eigenvalue weighted by Gasteiger charge is 2.14. The molecule has 4 rings (SSSR count). The van der Waals surface area contributed by atoms with Gasteiger partial charge in [-0.3, -0.25) is 0 Å². The van der Waals surface area contributed by atoms with E-state index in [4.69, 9.17) is 11.6 Å². The van der Waals surface area contributed by atoms with E-state index in [1.807, 2.05) is 18.2 Å². The molecule has 0 saturated carbocycles. The number of benzene rings is 3. The quantitative estimate of drug-likeness (QED) is 0.382. The second-order valence-corrected chi connectivity index (χ2v) is 6.26. The van der Waals surface area contributed by atoms with Gasteiger partial charge in [-0.05, 0) is 52.3 Å². The Morgan fingerprint density at radius 1 is 0.810 bits per heavy atom. The van der Waals surface area contributed by atoms with Crippen LogP contribution in [0.3, 0.4) is 0 Å². The fourth-order valence-electron chi connectivity index (χ4n) is 2.84. The number of nitrogens with zero attached hydrogens (tertiary/aromatic N) is 1. The Kier molecular flexibility index (Phi) is 3.02. The fourth-order valence-corrected chi connectivity index (χ4v) is 3.56.